The van der Waals surface area contributed by atoms with Crippen LogP contribution in [0.4, 0.5) is 0 Å². The number of ether oxygens (including phenoxy) is 1. The summed E-state index contributed by atoms with van der Waals surface area (Å²) in [6.45, 7) is 5.81. The van der Waals surface area contributed by atoms with E-state index in [4.69, 9.17) is 4.74 Å². The highest BCUT2D eigenvalue weighted by Gasteiger charge is 2.43. The van der Waals surface area contributed by atoms with Crippen molar-refractivity contribution < 1.29 is 9.53 Å². The molecule has 3 rings (SSSR count). The van der Waals surface area contributed by atoms with Gasteiger partial charge in [0.05, 0.1) is 5.41 Å². The molecule has 0 aliphatic carbocycles. The van der Waals surface area contributed by atoms with E-state index in [0.717, 1.165) is 5.56 Å². The molecule has 25 heavy (non-hydrogen) atoms. The molecule has 7 nitrogen and oxygen atoms in total. The monoisotopic (exact) mass is 343 g/mol. The number of hydrogen-bond acceptors (Lipinski definition) is 5. The van der Waals surface area contributed by atoms with E-state index in [1.165, 1.54) is 5.56 Å². The lowest BCUT2D eigenvalue weighted by atomic mass is 9.72. The first-order chi connectivity index (χ1) is 12.0. The number of hydrogen-bond donors (Lipinski definition) is 1. The Morgan fingerprint density at radius 1 is 1.32 bits per heavy atom. The number of aromatic amines is 1. The Labute approximate surface area is 147 Å². The number of aryl methyl sites for hydroxylation is 1. The second-order valence-electron chi connectivity index (χ2n) is 6.92. The smallest absolute Gasteiger partial charge is 0.233 e. The van der Waals surface area contributed by atoms with Gasteiger partial charge in [0.2, 0.25) is 5.91 Å². The molecule has 1 fully saturated rings. The summed E-state index contributed by atoms with van der Waals surface area (Å²) in [5, 5.41) is 14.1. The molecule has 1 atom stereocenters. The highest BCUT2D eigenvalue weighted by atomic mass is 16.5. The first-order valence-electron chi connectivity index (χ1n) is 8.67. The van der Waals surface area contributed by atoms with E-state index in [9.17, 15) is 4.79 Å². The lowest BCUT2D eigenvalue weighted by Crippen LogP contribution is -2.49. The van der Waals surface area contributed by atoms with Gasteiger partial charge in [-0.3, -0.25) is 4.79 Å². The molecule has 134 valence electrons. The van der Waals surface area contributed by atoms with Gasteiger partial charge in [-0.1, -0.05) is 42.0 Å². The van der Waals surface area contributed by atoms with Gasteiger partial charge in [-0.25, -0.2) is 0 Å². The summed E-state index contributed by atoms with van der Waals surface area (Å²) in [6, 6.07) is 8.30. The predicted molar refractivity (Wildman–Crippen MR) is 93.1 cm³/mol. The maximum absolute atomic E-state index is 13.4. The van der Waals surface area contributed by atoms with Crippen LogP contribution in [0.2, 0.25) is 0 Å². The minimum atomic E-state index is -0.516. The average molecular weight is 343 g/mol. The lowest BCUT2D eigenvalue weighted by Gasteiger charge is -2.39. The van der Waals surface area contributed by atoms with Crippen molar-refractivity contribution >= 4 is 5.91 Å². The number of rotatable bonds is 5. The second kappa shape index (κ2) is 7.31. The first kappa shape index (κ1) is 17.5. The van der Waals surface area contributed by atoms with Gasteiger partial charge in [-0.15, -0.1) is 10.2 Å². The Morgan fingerprint density at radius 3 is 2.60 bits per heavy atom. The topological polar surface area (TPSA) is 84.0 Å². The standard InChI is InChI=1S/C18H25N5O2/c1-13-4-6-15(7-5-13)18(8-10-25-11-9-18)17(24)23(3)12-14(2)16-19-21-22-20-16/h4-7,14H,8-12H2,1-3H3,(H,19,20,21,22)/t14-/m0/s1. The summed E-state index contributed by atoms with van der Waals surface area (Å²) < 4.78 is 5.54. The van der Waals surface area contributed by atoms with Crippen LogP contribution >= 0.6 is 0 Å². The molecule has 0 unspecified atom stereocenters. The Balaban J connectivity index is 1.82. The highest BCUT2D eigenvalue weighted by molar-refractivity contribution is 5.88. The van der Waals surface area contributed by atoms with Crippen molar-refractivity contribution in [1.82, 2.24) is 25.5 Å². The number of nitrogens with zero attached hydrogens (tertiary/aromatic N) is 4. The zero-order valence-corrected chi connectivity index (χ0v) is 15.0. The number of carbonyl (C=O) groups is 1. The normalized spacial score (nSPS) is 17.9. The van der Waals surface area contributed by atoms with Gasteiger partial charge < -0.3 is 9.64 Å². The highest BCUT2D eigenvalue weighted by Crippen LogP contribution is 2.37. The Hall–Kier alpha value is -2.28. The van der Waals surface area contributed by atoms with Crippen LogP contribution in [-0.4, -0.2) is 58.2 Å². The number of likely N-dealkylation sites (N-methyl/N-ethyl adjacent to an activating group) is 1. The van der Waals surface area contributed by atoms with Crippen molar-refractivity contribution in [3.63, 3.8) is 0 Å². The summed E-state index contributed by atoms with van der Waals surface area (Å²) in [4.78, 5) is 15.2. The van der Waals surface area contributed by atoms with Crippen molar-refractivity contribution in [3.8, 4) is 0 Å². The summed E-state index contributed by atoms with van der Waals surface area (Å²) >= 11 is 0. The van der Waals surface area contributed by atoms with Crippen LogP contribution in [0.25, 0.3) is 0 Å². The van der Waals surface area contributed by atoms with Gasteiger partial charge in [-0.2, -0.15) is 5.21 Å². The lowest BCUT2D eigenvalue weighted by molar-refractivity contribution is -0.140. The fraction of sp³-hybridized carbons (Fsp3) is 0.556. The number of amides is 1. The molecule has 1 N–H and O–H groups in total. The van der Waals surface area contributed by atoms with E-state index < -0.39 is 5.41 Å². The molecule has 0 bridgehead atoms. The van der Waals surface area contributed by atoms with E-state index in [1.54, 1.807) is 4.90 Å². The Bertz CT molecular complexity index is 693. The van der Waals surface area contributed by atoms with E-state index in [1.807, 2.05) is 14.0 Å². The molecule has 0 radical (unpaired) electrons. The van der Waals surface area contributed by atoms with Crippen molar-refractivity contribution in [2.24, 2.45) is 0 Å². The van der Waals surface area contributed by atoms with Crippen molar-refractivity contribution in [2.75, 3.05) is 26.8 Å². The quantitative estimate of drug-likeness (QED) is 0.895. The largest absolute Gasteiger partial charge is 0.381 e. The third-order valence-electron chi connectivity index (χ3n) is 5.06. The molecule has 1 aliphatic rings. The summed E-state index contributed by atoms with van der Waals surface area (Å²) in [5.41, 5.74) is 1.75. The van der Waals surface area contributed by atoms with Gasteiger partial charge in [0.15, 0.2) is 5.82 Å². The third-order valence-corrected chi connectivity index (χ3v) is 5.06. The van der Waals surface area contributed by atoms with Gasteiger partial charge in [0, 0.05) is 32.7 Å². The SMILES string of the molecule is Cc1ccc(C2(C(=O)N(C)C[C@H](C)c3nn[nH]n3)CCOCC2)cc1. The van der Waals surface area contributed by atoms with E-state index in [0.29, 0.717) is 38.4 Å². The van der Waals surface area contributed by atoms with Crippen LogP contribution in [0, 0.1) is 6.92 Å². The van der Waals surface area contributed by atoms with Crippen LogP contribution in [0.5, 0.6) is 0 Å². The average Bonchev–Trinajstić information content (AvgIpc) is 3.17. The van der Waals surface area contributed by atoms with Crippen molar-refractivity contribution in [1.29, 1.82) is 0 Å². The molecule has 2 aromatic rings. The summed E-state index contributed by atoms with van der Waals surface area (Å²) in [7, 11) is 1.85. The number of H-pyrrole nitrogens is 1. The fourth-order valence-electron chi connectivity index (χ4n) is 3.54. The molecule has 1 aromatic heterocycles. The van der Waals surface area contributed by atoms with E-state index in [-0.39, 0.29) is 11.8 Å². The Morgan fingerprint density at radius 2 is 2.00 bits per heavy atom. The van der Waals surface area contributed by atoms with Crippen molar-refractivity contribution in [2.45, 2.75) is 38.0 Å². The number of tetrazole rings is 1. The van der Waals surface area contributed by atoms with Crippen molar-refractivity contribution in [3.05, 3.63) is 41.2 Å². The second-order valence-corrected chi connectivity index (χ2v) is 6.92. The fourth-order valence-corrected chi connectivity index (χ4v) is 3.54. The van der Waals surface area contributed by atoms with Crippen LogP contribution in [0.3, 0.4) is 0 Å². The van der Waals surface area contributed by atoms with Crippen LogP contribution in [0.1, 0.15) is 42.6 Å². The molecule has 1 aromatic carbocycles. The molecular formula is C18H25N5O2. The Kier molecular flexibility index (Phi) is 5.13. The molecule has 1 aliphatic heterocycles. The maximum Gasteiger partial charge on any atom is 0.233 e. The number of carbonyl (C=O) groups excluding carboxylic acids is 1. The zero-order chi connectivity index (χ0) is 17.9. The molecule has 2 heterocycles. The van der Waals surface area contributed by atoms with E-state index >= 15 is 0 Å². The minimum Gasteiger partial charge on any atom is -0.381 e. The molecule has 0 spiro atoms. The van der Waals surface area contributed by atoms with Crippen LogP contribution < -0.4 is 0 Å². The molecule has 7 heteroatoms. The number of aromatic nitrogens is 4. The van der Waals surface area contributed by atoms with Gasteiger partial charge >= 0.3 is 0 Å². The van der Waals surface area contributed by atoms with Crippen LogP contribution in [0.15, 0.2) is 24.3 Å². The molecular weight excluding hydrogens is 318 g/mol. The summed E-state index contributed by atoms with van der Waals surface area (Å²) in [5.74, 6) is 0.772. The van der Waals surface area contributed by atoms with E-state index in [2.05, 4.69) is 51.8 Å². The summed E-state index contributed by atoms with van der Waals surface area (Å²) in [6.07, 6.45) is 1.41. The molecule has 1 saturated heterocycles. The first-order valence-corrected chi connectivity index (χ1v) is 8.67. The van der Waals surface area contributed by atoms with Gasteiger partial charge in [0.25, 0.3) is 0 Å². The van der Waals surface area contributed by atoms with Gasteiger partial charge in [-0.05, 0) is 25.3 Å². The number of benzene rings is 1. The molecule has 0 saturated carbocycles. The van der Waals surface area contributed by atoms with Gasteiger partial charge in [0.1, 0.15) is 0 Å². The zero-order valence-electron chi connectivity index (χ0n) is 15.0. The maximum atomic E-state index is 13.4. The third kappa shape index (κ3) is 3.56. The van der Waals surface area contributed by atoms with Crippen LogP contribution in [-0.2, 0) is 14.9 Å². The minimum absolute atomic E-state index is 0.0163. The number of nitrogens with one attached hydrogen (secondary N) is 1. The predicted octanol–water partition coefficient (Wildman–Crippen LogP) is 1.82. The molecule has 1 amide bonds.